The molecule has 1 atom stereocenters. The number of hydrogen-bond acceptors (Lipinski definition) is 4. The molecule has 5 heteroatoms. The van der Waals surface area contributed by atoms with Crippen LogP contribution in [0.2, 0.25) is 0 Å². The number of rotatable bonds is 2. The normalized spacial score (nSPS) is 22.3. The van der Waals surface area contributed by atoms with Gasteiger partial charge in [0.2, 0.25) is 0 Å². The van der Waals surface area contributed by atoms with E-state index >= 15 is 0 Å². The Morgan fingerprint density at radius 2 is 2.22 bits per heavy atom. The largest absolute Gasteiger partial charge is 0.481 e. The lowest BCUT2D eigenvalue weighted by molar-refractivity contribution is -0.140. The number of aryl methyl sites for hydroxylation is 2. The van der Waals surface area contributed by atoms with Crippen LogP contribution in [0.3, 0.4) is 0 Å². The van der Waals surface area contributed by atoms with E-state index in [1.54, 1.807) is 0 Å². The van der Waals surface area contributed by atoms with Crippen molar-refractivity contribution in [2.24, 2.45) is 5.92 Å². The highest BCUT2D eigenvalue weighted by molar-refractivity contribution is 5.72. The topological polar surface area (TPSA) is 66.3 Å². The zero-order chi connectivity index (χ0) is 12.7. The molecule has 1 N–H and O–H groups in total. The van der Waals surface area contributed by atoms with Gasteiger partial charge in [0, 0.05) is 24.3 Å². The lowest BCUT2D eigenvalue weighted by atomic mass is 10.1. The summed E-state index contributed by atoms with van der Waals surface area (Å²) >= 11 is 0. The number of fused-ring (bicyclic) bond motifs is 1. The molecule has 0 radical (unpaired) electrons. The summed E-state index contributed by atoms with van der Waals surface area (Å²) in [5, 5.41) is 9.07. The molecule has 1 saturated heterocycles. The summed E-state index contributed by atoms with van der Waals surface area (Å²) in [6, 6.07) is 0. The van der Waals surface area contributed by atoms with E-state index in [2.05, 4.69) is 14.9 Å². The first kappa shape index (κ1) is 11.4. The molecule has 1 aromatic rings. The number of anilines is 1. The first-order valence-corrected chi connectivity index (χ1v) is 6.49. The van der Waals surface area contributed by atoms with Gasteiger partial charge in [0.25, 0.3) is 0 Å². The molecule has 1 aliphatic carbocycles. The third-order valence-corrected chi connectivity index (χ3v) is 3.86. The minimum Gasteiger partial charge on any atom is -0.481 e. The number of nitrogens with zero attached hydrogens (tertiary/aromatic N) is 3. The molecule has 18 heavy (non-hydrogen) atoms. The fourth-order valence-corrected chi connectivity index (χ4v) is 2.95. The Kier molecular flexibility index (Phi) is 2.69. The Morgan fingerprint density at radius 3 is 2.94 bits per heavy atom. The molecule has 1 fully saturated rings. The molecule has 0 aromatic carbocycles. The van der Waals surface area contributed by atoms with Crippen LogP contribution in [-0.4, -0.2) is 34.1 Å². The van der Waals surface area contributed by atoms with E-state index < -0.39 is 5.97 Å². The number of hydrogen-bond donors (Lipinski definition) is 1. The van der Waals surface area contributed by atoms with E-state index in [0.29, 0.717) is 13.0 Å². The average molecular weight is 247 g/mol. The Morgan fingerprint density at radius 1 is 1.39 bits per heavy atom. The predicted molar refractivity (Wildman–Crippen MR) is 66.7 cm³/mol. The second-order valence-corrected chi connectivity index (χ2v) is 5.14. The van der Waals surface area contributed by atoms with Crippen molar-refractivity contribution in [1.82, 2.24) is 9.97 Å². The third kappa shape index (κ3) is 1.83. The Balaban J connectivity index is 1.91. The lowest BCUT2D eigenvalue weighted by Gasteiger charge is -2.20. The molecule has 0 bridgehead atoms. The first-order chi connectivity index (χ1) is 8.65. The van der Waals surface area contributed by atoms with Crippen molar-refractivity contribution in [2.45, 2.75) is 32.6 Å². The van der Waals surface area contributed by atoms with Crippen molar-refractivity contribution in [3.8, 4) is 0 Å². The molecule has 1 unspecified atom stereocenters. The average Bonchev–Trinajstić information content (AvgIpc) is 2.95. The fourth-order valence-electron chi connectivity index (χ4n) is 2.95. The van der Waals surface area contributed by atoms with E-state index in [1.807, 2.05) is 6.92 Å². The van der Waals surface area contributed by atoms with E-state index in [9.17, 15) is 4.79 Å². The monoisotopic (exact) mass is 247 g/mol. The molecule has 1 aromatic heterocycles. The van der Waals surface area contributed by atoms with Crippen molar-refractivity contribution in [3.63, 3.8) is 0 Å². The summed E-state index contributed by atoms with van der Waals surface area (Å²) in [4.78, 5) is 22.2. The van der Waals surface area contributed by atoms with Crippen LogP contribution >= 0.6 is 0 Å². The fraction of sp³-hybridized carbons (Fsp3) is 0.615. The van der Waals surface area contributed by atoms with Crippen LogP contribution in [0.4, 0.5) is 5.82 Å². The SMILES string of the molecule is Cc1nc2c(c(N3CCC(C(=O)O)C3)n1)CCC2. The van der Waals surface area contributed by atoms with Crippen molar-refractivity contribution >= 4 is 11.8 Å². The molecule has 1 aliphatic heterocycles. The molecule has 2 aliphatic rings. The number of carbonyl (C=O) groups is 1. The van der Waals surface area contributed by atoms with Crippen molar-refractivity contribution in [3.05, 3.63) is 17.1 Å². The van der Waals surface area contributed by atoms with Crippen LogP contribution in [-0.2, 0) is 17.6 Å². The van der Waals surface area contributed by atoms with Crippen LogP contribution in [0.25, 0.3) is 0 Å². The van der Waals surface area contributed by atoms with Crippen LogP contribution in [0.5, 0.6) is 0 Å². The Bertz CT molecular complexity index is 501. The maximum absolute atomic E-state index is 11.0. The highest BCUT2D eigenvalue weighted by Crippen LogP contribution is 2.31. The Labute approximate surface area is 106 Å². The molecule has 96 valence electrons. The van der Waals surface area contributed by atoms with Crippen LogP contribution in [0, 0.1) is 12.8 Å². The van der Waals surface area contributed by atoms with Crippen molar-refractivity contribution in [1.29, 1.82) is 0 Å². The number of aliphatic carboxylic acids is 1. The standard InChI is InChI=1S/C13H17N3O2/c1-8-14-11-4-2-3-10(11)12(15-8)16-6-5-9(7-16)13(17)18/h9H,2-7H2,1H3,(H,17,18). The van der Waals surface area contributed by atoms with Gasteiger partial charge in [-0.3, -0.25) is 4.79 Å². The minimum absolute atomic E-state index is 0.252. The molecule has 2 heterocycles. The molecule has 5 nitrogen and oxygen atoms in total. The third-order valence-electron chi connectivity index (χ3n) is 3.86. The number of aromatic nitrogens is 2. The lowest BCUT2D eigenvalue weighted by Crippen LogP contribution is -2.25. The Hall–Kier alpha value is -1.65. The summed E-state index contributed by atoms with van der Waals surface area (Å²) in [7, 11) is 0. The van der Waals surface area contributed by atoms with E-state index in [1.165, 1.54) is 5.56 Å². The van der Waals surface area contributed by atoms with Crippen LogP contribution < -0.4 is 4.90 Å². The van der Waals surface area contributed by atoms with Gasteiger partial charge in [-0.25, -0.2) is 9.97 Å². The molecular weight excluding hydrogens is 230 g/mol. The van der Waals surface area contributed by atoms with E-state index in [-0.39, 0.29) is 5.92 Å². The van der Waals surface area contributed by atoms with Gasteiger partial charge in [0.15, 0.2) is 0 Å². The van der Waals surface area contributed by atoms with E-state index in [0.717, 1.165) is 43.1 Å². The maximum atomic E-state index is 11.0. The number of carboxylic acid groups (broad SMARTS) is 1. The van der Waals surface area contributed by atoms with Gasteiger partial charge < -0.3 is 10.0 Å². The van der Waals surface area contributed by atoms with Crippen molar-refractivity contribution in [2.75, 3.05) is 18.0 Å². The summed E-state index contributed by atoms with van der Waals surface area (Å²) in [6.07, 6.45) is 3.91. The van der Waals surface area contributed by atoms with Crippen molar-refractivity contribution < 1.29 is 9.90 Å². The summed E-state index contributed by atoms with van der Waals surface area (Å²) < 4.78 is 0. The maximum Gasteiger partial charge on any atom is 0.308 e. The molecule has 0 saturated carbocycles. The van der Waals surface area contributed by atoms with Gasteiger partial charge in [-0.1, -0.05) is 0 Å². The molecule has 3 rings (SSSR count). The molecular formula is C13H17N3O2. The smallest absolute Gasteiger partial charge is 0.308 e. The summed E-state index contributed by atoms with van der Waals surface area (Å²) in [5.74, 6) is 0.834. The van der Waals surface area contributed by atoms with Gasteiger partial charge in [-0.05, 0) is 32.6 Å². The molecule has 0 amide bonds. The zero-order valence-corrected chi connectivity index (χ0v) is 10.5. The second kappa shape index (κ2) is 4.23. The second-order valence-electron chi connectivity index (χ2n) is 5.14. The van der Waals surface area contributed by atoms with Gasteiger partial charge in [0.05, 0.1) is 5.92 Å². The predicted octanol–water partition coefficient (Wildman–Crippen LogP) is 1.18. The summed E-state index contributed by atoms with van der Waals surface area (Å²) in [6.45, 7) is 3.28. The zero-order valence-electron chi connectivity index (χ0n) is 10.5. The van der Waals surface area contributed by atoms with E-state index in [4.69, 9.17) is 5.11 Å². The number of carboxylic acids is 1. The summed E-state index contributed by atoms with van der Waals surface area (Å²) in [5.41, 5.74) is 2.41. The highest BCUT2D eigenvalue weighted by atomic mass is 16.4. The highest BCUT2D eigenvalue weighted by Gasteiger charge is 2.31. The van der Waals surface area contributed by atoms with Gasteiger partial charge in [-0.15, -0.1) is 0 Å². The van der Waals surface area contributed by atoms with Crippen LogP contribution in [0.15, 0.2) is 0 Å². The van der Waals surface area contributed by atoms with Crippen LogP contribution in [0.1, 0.15) is 29.9 Å². The van der Waals surface area contributed by atoms with Gasteiger partial charge in [-0.2, -0.15) is 0 Å². The molecule has 0 spiro atoms. The minimum atomic E-state index is -0.695. The van der Waals surface area contributed by atoms with Gasteiger partial charge in [0.1, 0.15) is 11.6 Å². The van der Waals surface area contributed by atoms with Gasteiger partial charge >= 0.3 is 5.97 Å². The quantitative estimate of drug-likeness (QED) is 0.850. The first-order valence-electron chi connectivity index (χ1n) is 6.49.